The number of nitrogens with one attached hydrogen (secondary N) is 1. The van der Waals surface area contributed by atoms with Gasteiger partial charge >= 0.3 is 0 Å². The molecule has 0 saturated carbocycles. The van der Waals surface area contributed by atoms with Crippen molar-refractivity contribution in [2.75, 3.05) is 5.32 Å². The van der Waals surface area contributed by atoms with Gasteiger partial charge < -0.3 is 10.4 Å². The van der Waals surface area contributed by atoms with Crippen molar-refractivity contribution in [1.82, 2.24) is 0 Å². The average Bonchev–Trinajstić information content (AvgIpc) is 2.65. The zero-order chi connectivity index (χ0) is 15.4. The van der Waals surface area contributed by atoms with E-state index < -0.39 is 5.41 Å². The Balaban J connectivity index is 2.33. The lowest BCUT2D eigenvalue weighted by Gasteiger charge is -2.25. The Morgan fingerprint density at radius 3 is 2.52 bits per heavy atom. The van der Waals surface area contributed by atoms with Crippen molar-refractivity contribution in [1.29, 1.82) is 0 Å². The van der Waals surface area contributed by atoms with Crippen molar-refractivity contribution in [3.8, 4) is 5.75 Å². The zero-order valence-electron chi connectivity index (χ0n) is 10.9. The van der Waals surface area contributed by atoms with E-state index in [2.05, 4.69) is 5.32 Å². The average molecular weight is 343 g/mol. The SMILES string of the molecule is C[C@@]1(c2cc(Cl)ccc2O)C(=O)Nc2cc(Cl)cc(Cl)c21. The first-order valence-corrected chi connectivity index (χ1v) is 7.27. The predicted octanol–water partition coefficient (Wildman–Crippen LogP) is 4.61. The number of fused-ring (bicyclic) bond motifs is 1. The standard InChI is InChI=1S/C15H10Cl3NO2/c1-15(9-4-7(16)2-3-12(9)20)13-10(18)5-8(17)6-11(13)19-14(15)21/h2-6,20H,1H3,(H,19,21)/t15-/m0/s1. The number of phenolic OH excluding ortho intramolecular Hbond substituents is 1. The van der Waals surface area contributed by atoms with Gasteiger partial charge in [-0.15, -0.1) is 0 Å². The fraction of sp³-hybridized carbons (Fsp3) is 0.133. The summed E-state index contributed by atoms with van der Waals surface area (Å²) in [7, 11) is 0. The normalized spacial score (nSPS) is 20.3. The minimum absolute atomic E-state index is 0.0177. The summed E-state index contributed by atoms with van der Waals surface area (Å²) in [5, 5.41) is 14.1. The third-order valence-corrected chi connectivity index (χ3v) is 4.51. The Morgan fingerprint density at radius 2 is 1.81 bits per heavy atom. The molecular formula is C15H10Cl3NO2. The van der Waals surface area contributed by atoms with Crippen molar-refractivity contribution in [2.24, 2.45) is 0 Å². The first-order chi connectivity index (χ1) is 9.84. The summed E-state index contributed by atoms with van der Waals surface area (Å²) in [6, 6.07) is 7.78. The minimum Gasteiger partial charge on any atom is -0.508 e. The van der Waals surface area contributed by atoms with Crippen molar-refractivity contribution in [3.05, 3.63) is 56.5 Å². The summed E-state index contributed by atoms with van der Waals surface area (Å²) in [4.78, 5) is 12.5. The van der Waals surface area contributed by atoms with Gasteiger partial charge in [-0.1, -0.05) is 34.8 Å². The highest BCUT2D eigenvalue weighted by Crippen LogP contribution is 2.49. The van der Waals surface area contributed by atoms with Gasteiger partial charge in [0.05, 0.1) is 0 Å². The molecule has 2 aromatic rings. The van der Waals surface area contributed by atoms with Crippen LogP contribution in [-0.4, -0.2) is 11.0 Å². The first-order valence-electron chi connectivity index (χ1n) is 6.14. The lowest BCUT2D eigenvalue weighted by atomic mass is 9.77. The van der Waals surface area contributed by atoms with Crippen molar-refractivity contribution < 1.29 is 9.90 Å². The molecule has 2 N–H and O–H groups in total. The second-order valence-electron chi connectivity index (χ2n) is 5.05. The van der Waals surface area contributed by atoms with Gasteiger partial charge in [-0.2, -0.15) is 0 Å². The smallest absolute Gasteiger partial charge is 0.239 e. The van der Waals surface area contributed by atoms with Crippen molar-refractivity contribution in [3.63, 3.8) is 0 Å². The molecule has 1 amide bonds. The van der Waals surface area contributed by atoms with Crippen LogP contribution in [0.4, 0.5) is 5.69 Å². The van der Waals surface area contributed by atoms with E-state index in [1.54, 1.807) is 31.2 Å². The van der Waals surface area contributed by atoms with Gasteiger partial charge in [0.25, 0.3) is 0 Å². The summed E-state index contributed by atoms with van der Waals surface area (Å²) < 4.78 is 0. The molecule has 108 valence electrons. The lowest BCUT2D eigenvalue weighted by molar-refractivity contribution is -0.119. The third-order valence-electron chi connectivity index (χ3n) is 3.75. The molecule has 0 bridgehead atoms. The van der Waals surface area contributed by atoms with E-state index in [1.807, 2.05) is 0 Å². The van der Waals surface area contributed by atoms with Crippen molar-refractivity contribution >= 4 is 46.4 Å². The number of halogens is 3. The number of benzene rings is 2. The molecule has 6 heteroatoms. The largest absolute Gasteiger partial charge is 0.508 e. The molecule has 0 aliphatic carbocycles. The highest BCUT2D eigenvalue weighted by molar-refractivity contribution is 6.37. The molecular weight excluding hydrogens is 333 g/mol. The highest BCUT2D eigenvalue weighted by atomic mass is 35.5. The van der Waals surface area contributed by atoms with Gasteiger partial charge in [-0.25, -0.2) is 0 Å². The van der Waals surface area contributed by atoms with Gasteiger partial charge in [-0.3, -0.25) is 4.79 Å². The molecule has 0 aromatic heterocycles. The molecule has 1 atom stereocenters. The predicted molar refractivity (Wildman–Crippen MR) is 84.7 cm³/mol. The Kier molecular flexibility index (Phi) is 3.32. The van der Waals surface area contributed by atoms with E-state index in [4.69, 9.17) is 34.8 Å². The van der Waals surface area contributed by atoms with Crippen LogP contribution in [0.3, 0.4) is 0 Å². The maximum atomic E-state index is 12.5. The van der Waals surface area contributed by atoms with Gasteiger partial charge in [0, 0.05) is 31.9 Å². The minimum atomic E-state index is -1.13. The lowest BCUT2D eigenvalue weighted by Crippen LogP contribution is -2.32. The number of aromatic hydroxyl groups is 1. The summed E-state index contributed by atoms with van der Waals surface area (Å²) >= 11 is 18.2. The second kappa shape index (κ2) is 4.80. The van der Waals surface area contributed by atoms with Crippen LogP contribution in [0.2, 0.25) is 15.1 Å². The Morgan fingerprint density at radius 1 is 1.10 bits per heavy atom. The number of carbonyl (C=O) groups is 1. The van der Waals surface area contributed by atoms with E-state index in [1.165, 1.54) is 6.07 Å². The maximum absolute atomic E-state index is 12.5. The number of anilines is 1. The molecule has 1 aliphatic rings. The fourth-order valence-corrected chi connectivity index (χ4v) is 3.56. The molecule has 0 spiro atoms. The Bertz CT molecular complexity index is 776. The van der Waals surface area contributed by atoms with Gasteiger partial charge in [0.1, 0.15) is 11.2 Å². The third kappa shape index (κ3) is 2.08. The molecule has 3 nitrogen and oxygen atoms in total. The van der Waals surface area contributed by atoms with Gasteiger partial charge in [0.2, 0.25) is 5.91 Å². The molecule has 1 aliphatic heterocycles. The topological polar surface area (TPSA) is 49.3 Å². The fourth-order valence-electron chi connectivity index (χ4n) is 2.71. The molecule has 1 heterocycles. The molecule has 0 radical (unpaired) electrons. The van der Waals surface area contributed by atoms with E-state index in [9.17, 15) is 9.90 Å². The van der Waals surface area contributed by atoms with Crippen LogP contribution in [0.1, 0.15) is 18.1 Å². The number of phenols is 1. The van der Waals surface area contributed by atoms with Crippen LogP contribution in [0.15, 0.2) is 30.3 Å². The summed E-state index contributed by atoms with van der Waals surface area (Å²) in [5.41, 5.74) is 0.386. The van der Waals surface area contributed by atoms with Gasteiger partial charge in [-0.05, 0) is 37.3 Å². The summed E-state index contributed by atoms with van der Waals surface area (Å²) in [5.74, 6) is -0.310. The van der Waals surface area contributed by atoms with Crippen LogP contribution in [-0.2, 0) is 10.2 Å². The molecule has 0 unspecified atom stereocenters. The van der Waals surface area contributed by atoms with Crippen LogP contribution in [0, 0.1) is 0 Å². The van der Waals surface area contributed by atoms with E-state index in [-0.39, 0.29) is 11.7 Å². The zero-order valence-corrected chi connectivity index (χ0v) is 13.1. The number of hydrogen-bond acceptors (Lipinski definition) is 2. The molecule has 3 rings (SSSR count). The maximum Gasteiger partial charge on any atom is 0.239 e. The molecule has 2 aromatic carbocycles. The van der Waals surface area contributed by atoms with Crippen LogP contribution < -0.4 is 5.32 Å². The van der Waals surface area contributed by atoms with Crippen LogP contribution in [0.25, 0.3) is 0 Å². The Labute approximate surface area is 136 Å². The van der Waals surface area contributed by atoms with E-state index in [0.29, 0.717) is 31.9 Å². The Hall–Kier alpha value is -1.42. The van der Waals surface area contributed by atoms with Gasteiger partial charge in [0.15, 0.2) is 0 Å². The first kappa shape index (κ1) is 14.5. The van der Waals surface area contributed by atoms with E-state index >= 15 is 0 Å². The summed E-state index contributed by atoms with van der Waals surface area (Å²) in [6.45, 7) is 1.69. The number of carbonyl (C=O) groups excluding carboxylic acids is 1. The van der Waals surface area contributed by atoms with Crippen molar-refractivity contribution in [2.45, 2.75) is 12.3 Å². The number of amides is 1. The van der Waals surface area contributed by atoms with E-state index in [0.717, 1.165) is 0 Å². The molecule has 0 fully saturated rings. The van der Waals surface area contributed by atoms with Crippen LogP contribution in [0.5, 0.6) is 5.75 Å². The number of hydrogen-bond donors (Lipinski definition) is 2. The molecule has 0 saturated heterocycles. The molecule has 21 heavy (non-hydrogen) atoms. The quantitative estimate of drug-likeness (QED) is 0.795. The second-order valence-corrected chi connectivity index (χ2v) is 6.33. The number of rotatable bonds is 1. The van der Waals surface area contributed by atoms with Crippen LogP contribution >= 0.6 is 34.8 Å². The summed E-state index contributed by atoms with van der Waals surface area (Å²) in [6.07, 6.45) is 0. The monoisotopic (exact) mass is 341 g/mol. The highest BCUT2D eigenvalue weighted by Gasteiger charge is 2.47.